The zero-order chi connectivity index (χ0) is 25.8. The summed E-state index contributed by atoms with van der Waals surface area (Å²) in [6.07, 6.45) is -17.4. The Kier molecular flexibility index (Phi) is 5.35. The smallest absolute Gasteiger partial charge is 0.192 e. The second-order valence-corrected chi connectivity index (χ2v) is 6.70. The molecule has 3 rings (SSSR count). The van der Waals surface area contributed by atoms with Gasteiger partial charge in [0.25, 0.3) is 0 Å². The molecule has 0 aliphatic carbocycles. The molecule has 0 radical (unpaired) electrons. The molecule has 34 heavy (non-hydrogen) atoms. The van der Waals surface area contributed by atoms with Crippen molar-refractivity contribution in [3.8, 4) is 24.3 Å². The highest BCUT2D eigenvalue weighted by molar-refractivity contribution is 6.10. The van der Waals surface area contributed by atoms with Gasteiger partial charge >= 0.3 is 18.5 Å². The van der Waals surface area contributed by atoms with Crippen molar-refractivity contribution in [3.63, 3.8) is 0 Å². The van der Waals surface area contributed by atoms with Gasteiger partial charge in [-0.15, -0.1) is 0 Å². The normalized spacial score (nSPS) is 12.1. The number of nitriles is 4. The van der Waals surface area contributed by atoms with Crippen LogP contribution in [0.15, 0.2) is 18.2 Å². The van der Waals surface area contributed by atoms with Crippen molar-refractivity contribution < 1.29 is 39.5 Å². The summed E-state index contributed by atoms with van der Waals surface area (Å²) < 4.78 is 124. The van der Waals surface area contributed by atoms with E-state index in [9.17, 15) is 60.6 Å². The second-order valence-electron chi connectivity index (χ2n) is 6.70. The summed E-state index contributed by atoms with van der Waals surface area (Å²) in [4.78, 5) is 0. The third-order valence-electron chi connectivity index (χ3n) is 4.90. The largest absolute Gasteiger partial charge is 0.417 e. The monoisotopic (exact) mass is 482 g/mol. The Hall–Kier alpha value is -4.49. The van der Waals surface area contributed by atoms with Crippen molar-refractivity contribution in [3.05, 3.63) is 57.1 Å². The van der Waals surface area contributed by atoms with Crippen LogP contribution in [-0.2, 0) is 18.5 Å². The highest BCUT2D eigenvalue weighted by Crippen LogP contribution is 2.50. The first-order chi connectivity index (χ1) is 15.6. The van der Waals surface area contributed by atoms with E-state index in [2.05, 4.69) is 0 Å². The number of fused-ring (bicyclic) bond motifs is 2. The summed E-state index contributed by atoms with van der Waals surface area (Å²) in [6, 6.07) is 6.13. The maximum atomic E-state index is 14.2. The Morgan fingerprint density at radius 2 is 1.00 bits per heavy atom. The van der Waals surface area contributed by atoms with E-state index in [1.54, 1.807) is 0 Å². The molecule has 13 heteroatoms. The summed E-state index contributed by atoms with van der Waals surface area (Å²) in [5.41, 5.74) is -11.2. The quantitative estimate of drug-likeness (QED) is 0.269. The average molecular weight is 482 g/mol. The minimum Gasteiger partial charge on any atom is -0.192 e. The van der Waals surface area contributed by atoms with Crippen LogP contribution in [-0.4, -0.2) is 0 Å². The molecule has 170 valence electrons. The second kappa shape index (κ2) is 7.54. The maximum absolute atomic E-state index is 14.2. The molecule has 0 fully saturated rings. The van der Waals surface area contributed by atoms with Crippen LogP contribution < -0.4 is 0 Å². The van der Waals surface area contributed by atoms with Crippen molar-refractivity contribution in [2.24, 2.45) is 0 Å². The van der Waals surface area contributed by atoms with E-state index in [1.165, 1.54) is 24.3 Å². The lowest BCUT2D eigenvalue weighted by Gasteiger charge is -2.23. The predicted octanol–water partition coefficient (Wildman–Crippen LogP) is 6.54. The molecule has 0 atom stereocenters. The van der Waals surface area contributed by atoms with Gasteiger partial charge in [0.1, 0.15) is 24.3 Å². The van der Waals surface area contributed by atoms with Crippen LogP contribution in [0.4, 0.5) is 39.5 Å². The molecule has 3 aromatic carbocycles. The minimum atomic E-state index is -5.92. The molecular formula is C21H3F9N4. The van der Waals surface area contributed by atoms with Crippen LogP contribution in [0, 0.1) is 45.3 Å². The lowest BCUT2D eigenvalue weighted by Crippen LogP contribution is -2.20. The Balaban J connectivity index is 2.94. The van der Waals surface area contributed by atoms with Gasteiger partial charge < -0.3 is 0 Å². The first-order valence-electron chi connectivity index (χ1n) is 8.58. The molecule has 0 aromatic heterocycles. The van der Waals surface area contributed by atoms with Gasteiger partial charge in [0.15, 0.2) is 0 Å². The molecule has 0 spiro atoms. The van der Waals surface area contributed by atoms with Crippen LogP contribution in [0.1, 0.15) is 38.9 Å². The fourth-order valence-corrected chi connectivity index (χ4v) is 3.73. The van der Waals surface area contributed by atoms with Crippen molar-refractivity contribution in [1.29, 1.82) is 21.0 Å². The van der Waals surface area contributed by atoms with Crippen molar-refractivity contribution in [2.75, 3.05) is 0 Å². The van der Waals surface area contributed by atoms with E-state index < -0.39 is 79.0 Å². The molecule has 0 bridgehead atoms. The van der Waals surface area contributed by atoms with E-state index in [-0.39, 0.29) is 6.07 Å². The zero-order valence-electron chi connectivity index (χ0n) is 15.9. The lowest BCUT2D eigenvalue weighted by molar-refractivity contribution is -0.161. The standard InChI is InChI=1S/C21H3F9N4/c22-19(23,24)14-2-1-8-3-9-10(4-31)11(5-32)12(6-33)13(7-34)16(9)18(21(28,29)30)15(8)17(14)20(25,26)27/h1-3H. The van der Waals surface area contributed by atoms with Gasteiger partial charge in [0.2, 0.25) is 0 Å². The van der Waals surface area contributed by atoms with Crippen LogP contribution in [0.3, 0.4) is 0 Å². The molecule has 0 heterocycles. The van der Waals surface area contributed by atoms with Gasteiger partial charge in [-0.2, -0.15) is 60.6 Å². The summed E-state index contributed by atoms with van der Waals surface area (Å²) in [6.45, 7) is 0. The van der Waals surface area contributed by atoms with Gasteiger partial charge in [-0.3, -0.25) is 0 Å². The first kappa shape index (κ1) is 24.2. The first-order valence-corrected chi connectivity index (χ1v) is 8.58. The molecule has 0 unspecified atom stereocenters. The Labute approximate surface area is 182 Å². The molecular weight excluding hydrogens is 479 g/mol. The molecule has 0 amide bonds. The van der Waals surface area contributed by atoms with Crippen LogP contribution >= 0.6 is 0 Å². The molecule has 3 aromatic rings. The SMILES string of the molecule is N#Cc1c(C#N)c(C#N)c2c(C(F)(F)F)c3c(C(F)(F)F)c(C(F)(F)F)ccc3cc2c1C#N. The maximum Gasteiger partial charge on any atom is 0.417 e. The third-order valence-corrected chi connectivity index (χ3v) is 4.90. The van der Waals surface area contributed by atoms with Gasteiger partial charge in [0.05, 0.1) is 38.9 Å². The van der Waals surface area contributed by atoms with Crippen LogP contribution in [0.5, 0.6) is 0 Å². The predicted molar refractivity (Wildman–Crippen MR) is 95.3 cm³/mol. The van der Waals surface area contributed by atoms with Crippen molar-refractivity contribution in [1.82, 2.24) is 0 Å². The van der Waals surface area contributed by atoms with Crippen LogP contribution in [0.25, 0.3) is 21.5 Å². The zero-order valence-corrected chi connectivity index (χ0v) is 15.9. The van der Waals surface area contributed by atoms with E-state index in [0.29, 0.717) is 12.1 Å². The highest BCUT2D eigenvalue weighted by Gasteiger charge is 2.48. The number of nitrogens with zero attached hydrogens (tertiary/aromatic N) is 4. The molecule has 0 aliphatic rings. The number of hydrogen-bond acceptors (Lipinski definition) is 4. The van der Waals surface area contributed by atoms with E-state index in [0.717, 1.165) is 0 Å². The number of hydrogen-bond donors (Lipinski definition) is 0. The van der Waals surface area contributed by atoms with Crippen molar-refractivity contribution >= 4 is 21.5 Å². The number of alkyl halides is 9. The Morgan fingerprint density at radius 3 is 1.41 bits per heavy atom. The van der Waals surface area contributed by atoms with E-state index >= 15 is 0 Å². The fraction of sp³-hybridized carbons (Fsp3) is 0.143. The topological polar surface area (TPSA) is 95.2 Å². The molecule has 0 aliphatic heterocycles. The fourth-order valence-electron chi connectivity index (χ4n) is 3.73. The van der Waals surface area contributed by atoms with Gasteiger partial charge in [-0.1, -0.05) is 6.07 Å². The number of rotatable bonds is 0. The third kappa shape index (κ3) is 3.48. The van der Waals surface area contributed by atoms with Gasteiger partial charge in [-0.25, -0.2) is 0 Å². The molecule has 4 nitrogen and oxygen atoms in total. The summed E-state index contributed by atoms with van der Waals surface area (Å²) >= 11 is 0. The summed E-state index contributed by atoms with van der Waals surface area (Å²) in [5.74, 6) is 0. The minimum absolute atomic E-state index is 0.0523. The Bertz CT molecular complexity index is 1550. The lowest BCUT2D eigenvalue weighted by atomic mass is 9.83. The number of halogens is 9. The summed E-state index contributed by atoms with van der Waals surface area (Å²) in [5, 5.41) is 32.4. The molecule has 0 saturated carbocycles. The van der Waals surface area contributed by atoms with E-state index in [4.69, 9.17) is 0 Å². The van der Waals surface area contributed by atoms with Gasteiger partial charge in [0, 0.05) is 16.2 Å². The molecule has 0 N–H and O–H groups in total. The van der Waals surface area contributed by atoms with E-state index in [1.807, 2.05) is 0 Å². The number of benzene rings is 3. The van der Waals surface area contributed by atoms with Crippen LogP contribution in [0.2, 0.25) is 0 Å². The molecule has 0 saturated heterocycles. The van der Waals surface area contributed by atoms with Crippen molar-refractivity contribution in [2.45, 2.75) is 18.5 Å². The highest BCUT2D eigenvalue weighted by atomic mass is 19.4. The Morgan fingerprint density at radius 1 is 0.529 bits per heavy atom. The van der Waals surface area contributed by atoms with Gasteiger partial charge in [-0.05, 0) is 17.5 Å². The summed E-state index contributed by atoms with van der Waals surface area (Å²) in [7, 11) is 0. The average Bonchev–Trinajstić information content (AvgIpc) is 2.72.